The van der Waals surface area contributed by atoms with Gasteiger partial charge < -0.3 is 30.3 Å². The van der Waals surface area contributed by atoms with Gasteiger partial charge >= 0.3 is 12.1 Å². The Morgan fingerprint density at radius 2 is 1.48 bits per heavy atom. The normalized spacial score (nSPS) is 13.4. The molecule has 0 bridgehead atoms. The van der Waals surface area contributed by atoms with Crippen LogP contribution in [0.2, 0.25) is 0 Å². The lowest BCUT2D eigenvalue weighted by Crippen LogP contribution is -2.51. The van der Waals surface area contributed by atoms with Crippen molar-refractivity contribution < 1.29 is 34.1 Å². The molecule has 4 N–H and O–H groups in total. The van der Waals surface area contributed by atoms with Crippen LogP contribution in [0.15, 0.2) is 97.1 Å². The van der Waals surface area contributed by atoms with Crippen LogP contribution < -0.4 is 10.6 Å². The summed E-state index contributed by atoms with van der Waals surface area (Å²) in [6.45, 7) is 1.86. The van der Waals surface area contributed by atoms with Gasteiger partial charge in [0.25, 0.3) is 0 Å². The van der Waals surface area contributed by atoms with Crippen molar-refractivity contribution in [2.75, 3.05) is 11.9 Å². The van der Waals surface area contributed by atoms with Crippen LogP contribution in [0.4, 0.5) is 10.5 Å². The monoisotopic (exact) mass is 566 g/mol. The second-order valence-corrected chi connectivity index (χ2v) is 9.98. The van der Waals surface area contributed by atoms with Gasteiger partial charge in [0.05, 0.1) is 24.0 Å². The van der Waals surface area contributed by atoms with Crippen LogP contribution in [-0.2, 0) is 20.9 Å². The highest BCUT2D eigenvalue weighted by atomic mass is 16.5. The van der Waals surface area contributed by atoms with Crippen molar-refractivity contribution in [1.82, 2.24) is 5.32 Å². The zero-order valence-corrected chi connectivity index (χ0v) is 22.8. The summed E-state index contributed by atoms with van der Waals surface area (Å²) in [6, 6.07) is 27.5. The number of amides is 2. The Hall–Kier alpha value is -5.15. The van der Waals surface area contributed by atoms with E-state index < -0.39 is 30.1 Å². The minimum absolute atomic E-state index is 0.0505. The Morgan fingerprint density at radius 3 is 2.12 bits per heavy atom. The molecule has 9 heteroatoms. The van der Waals surface area contributed by atoms with Crippen molar-refractivity contribution in [3.63, 3.8) is 0 Å². The molecule has 2 atom stereocenters. The highest BCUT2D eigenvalue weighted by Crippen LogP contribution is 2.44. The Labute approximate surface area is 242 Å². The summed E-state index contributed by atoms with van der Waals surface area (Å²) in [6.07, 6.45) is -1.65. The number of ether oxygens (including phenoxy) is 2. The van der Waals surface area contributed by atoms with E-state index in [1.807, 2.05) is 78.9 Å². The van der Waals surface area contributed by atoms with Gasteiger partial charge in [-0.3, -0.25) is 4.79 Å². The number of carbonyl (C=O) groups excluding carboxylic acids is 2. The molecule has 5 rings (SSSR count). The van der Waals surface area contributed by atoms with E-state index in [4.69, 9.17) is 9.47 Å². The average molecular weight is 567 g/mol. The Balaban J connectivity index is 1.31. The number of hydrogen-bond acceptors (Lipinski definition) is 6. The van der Waals surface area contributed by atoms with E-state index in [-0.39, 0.29) is 36.1 Å². The van der Waals surface area contributed by atoms with E-state index in [1.165, 1.54) is 12.1 Å². The molecule has 1 aliphatic carbocycles. The second-order valence-electron chi connectivity index (χ2n) is 9.98. The number of nitrogens with one attached hydrogen (secondary N) is 2. The zero-order chi connectivity index (χ0) is 29.6. The van der Waals surface area contributed by atoms with Gasteiger partial charge in [-0.2, -0.15) is 0 Å². The van der Waals surface area contributed by atoms with Gasteiger partial charge in [-0.1, -0.05) is 78.9 Å². The summed E-state index contributed by atoms with van der Waals surface area (Å²) >= 11 is 0. The Kier molecular flexibility index (Phi) is 8.50. The van der Waals surface area contributed by atoms with Gasteiger partial charge in [0.15, 0.2) is 0 Å². The molecule has 4 aromatic rings. The summed E-state index contributed by atoms with van der Waals surface area (Å²) in [5.41, 5.74) is 4.91. The first-order valence-corrected chi connectivity index (χ1v) is 13.5. The van der Waals surface area contributed by atoms with Crippen molar-refractivity contribution in [2.24, 2.45) is 0 Å². The number of carbonyl (C=O) groups is 3. The van der Waals surface area contributed by atoms with E-state index in [0.717, 1.165) is 33.9 Å². The number of aromatic hydroxyl groups is 1. The number of hydrogen-bond donors (Lipinski definition) is 4. The maximum Gasteiger partial charge on any atom is 0.407 e. The fourth-order valence-corrected chi connectivity index (χ4v) is 5.04. The first-order chi connectivity index (χ1) is 20.3. The van der Waals surface area contributed by atoms with Crippen molar-refractivity contribution in [3.8, 4) is 16.9 Å². The number of carboxylic acid groups (broad SMARTS) is 1. The van der Waals surface area contributed by atoms with Crippen LogP contribution in [0.1, 0.15) is 39.9 Å². The zero-order valence-electron chi connectivity index (χ0n) is 22.8. The molecule has 4 aromatic carbocycles. The number of alkyl carbamates (subject to hydrolysis) is 1. The summed E-state index contributed by atoms with van der Waals surface area (Å²) in [4.78, 5) is 37.9. The third-order valence-corrected chi connectivity index (χ3v) is 7.23. The van der Waals surface area contributed by atoms with Crippen molar-refractivity contribution in [1.29, 1.82) is 0 Å². The number of anilines is 1. The summed E-state index contributed by atoms with van der Waals surface area (Å²) in [5.74, 6) is -2.44. The van der Waals surface area contributed by atoms with E-state index >= 15 is 0 Å². The first-order valence-electron chi connectivity index (χ1n) is 13.5. The van der Waals surface area contributed by atoms with Crippen LogP contribution in [0.3, 0.4) is 0 Å². The molecule has 214 valence electrons. The molecule has 2 amide bonds. The number of aromatic carboxylic acids is 1. The molecule has 0 saturated heterocycles. The largest absolute Gasteiger partial charge is 0.506 e. The van der Waals surface area contributed by atoms with Crippen LogP contribution in [0.5, 0.6) is 5.75 Å². The molecule has 0 heterocycles. The predicted molar refractivity (Wildman–Crippen MR) is 156 cm³/mol. The van der Waals surface area contributed by atoms with Gasteiger partial charge in [-0.05, 0) is 52.9 Å². The van der Waals surface area contributed by atoms with Gasteiger partial charge in [-0.25, -0.2) is 9.59 Å². The van der Waals surface area contributed by atoms with Crippen molar-refractivity contribution >= 4 is 23.7 Å². The fourth-order valence-electron chi connectivity index (χ4n) is 5.04. The van der Waals surface area contributed by atoms with Crippen molar-refractivity contribution in [2.45, 2.75) is 31.6 Å². The number of rotatable bonds is 10. The minimum Gasteiger partial charge on any atom is -0.506 e. The number of phenolic OH excluding ortho intramolecular Hbond substituents is 1. The molecule has 0 aromatic heterocycles. The molecule has 0 saturated carbocycles. The molecule has 9 nitrogen and oxygen atoms in total. The SMILES string of the molecule is CC(OCc1ccccc1)C(NC(=O)OCC1c2ccccc2-c2ccccc21)C(=O)Nc1cc(C(=O)O)ccc1O. The van der Waals surface area contributed by atoms with Gasteiger partial charge in [0.1, 0.15) is 18.4 Å². The fraction of sp³-hybridized carbons (Fsp3) is 0.182. The molecule has 42 heavy (non-hydrogen) atoms. The summed E-state index contributed by atoms with van der Waals surface area (Å²) < 4.78 is 11.6. The van der Waals surface area contributed by atoms with E-state index in [2.05, 4.69) is 10.6 Å². The lowest BCUT2D eigenvalue weighted by molar-refractivity contribution is -0.122. The first kappa shape index (κ1) is 28.4. The van der Waals surface area contributed by atoms with Crippen molar-refractivity contribution in [3.05, 3.63) is 119 Å². The number of carboxylic acids is 1. The van der Waals surface area contributed by atoms with Crippen LogP contribution in [-0.4, -0.2) is 46.9 Å². The number of phenols is 1. The van der Waals surface area contributed by atoms with Crippen LogP contribution in [0, 0.1) is 0 Å². The Morgan fingerprint density at radius 1 is 0.857 bits per heavy atom. The quantitative estimate of drug-likeness (QED) is 0.185. The standard InChI is InChI=1S/C33H30N2O7/c1-20(41-18-21-9-3-2-4-10-21)30(31(37)34-28-17-22(32(38)39)15-16-29(28)36)35-33(40)42-19-27-25-13-7-5-11-23(25)24-12-6-8-14-26(24)27/h2-17,20,27,30,36H,18-19H2,1H3,(H,34,37)(H,35,40)(H,38,39). The summed E-state index contributed by atoms with van der Waals surface area (Å²) in [7, 11) is 0. The van der Waals surface area contributed by atoms with Crippen LogP contribution in [0.25, 0.3) is 11.1 Å². The molecule has 0 aliphatic heterocycles. The number of benzene rings is 4. The van der Waals surface area contributed by atoms with Gasteiger partial charge in [-0.15, -0.1) is 0 Å². The lowest BCUT2D eigenvalue weighted by atomic mass is 9.98. The topological polar surface area (TPSA) is 134 Å². The number of fused-ring (bicyclic) bond motifs is 3. The highest BCUT2D eigenvalue weighted by molar-refractivity contribution is 5.99. The predicted octanol–water partition coefficient (Wildman–Crippen LogP) is 5.54. The van der Waals surface area contributed by atoms with E-state index in [0.29, 0.717) is 0 Å². The molecular formula is C33H30N2O7. The third-order valence-electron chi connectivity index (χ3n) is 7.23. The average Bonchev–Trinajstić information content (AvgIpc) is 3.32. The maximum atomic E-state index is 13.4. The second kappa shape index (κ2) is 12.6. The molecular weight excluding hydrogens is 536 g/mol. The van der Waals surface area contributed by atoms with Gasteiger partial charge in [0, 0.05) is 5.92 Å². The molecule has 0 spiro atoms. The minimum atomic E-state index is -1.24. The van der Waals surface area contributed by atoms with Crippen LogP contribution >= 0.6 is 0 Å². The molecule has 1 aliphatic rings. The highest BCUT2D eigenvalue weighted by Gasteiger charge is 2.32. The molecule has 0 radical (unpaired) electrons. The maximum absolute atomic E-state index is 13.4. The summed E-state index contributed by atoms with van der Waals surface area (Å²) in [5, 5.41) is 24.7. The smallest absolute Gasteiger partial charge is 0.407 e. The lowest BCUT2D eigenvalue weighted by Gasteiger charge is -2.25. The van der Waals surface area contributed by atoms with E-state index in [9.17, 15) is 24.6 Å². The molecule has 0 fully saturated rings. The van der Waals surface area contributed by atoms with Gasteiger partial charge in [0.2, 0.25) is 5.91 Å². The molecule has 2 unspecified atom stereocenters. The van der Waals surface area contributed by atoms with E-state index in [1.54, 1.807) is 6.92 Å². The third kappa shape index (κ3) is 6.26. The Bertz CT molecular complexity index is 1560.